The number of carbonyl (C=O) groups excluding carboxylic acids is 1. The summed E-state index contributed by atoms with van der Waals surface area (Å²) in [6, 6.07) is 2.06. The van der Waals surface area contributed by atoms with Gasteiger partial charge in [-0.1, -0.05) is 0 Å². The first kappa shape index (κ1) is 18.1. The van der Waals surface area contributed by atoms with Crippen LogP contribution in [0.25, 0.3) is 0 Å². The van der Waals surface area contributed by atoms with Crippen molar-refractivity contribution in [2.24, 2.45) is 0 Å². The molecule has 4 heterocycles. The molecule has 2 aliphatic heterocycles. The Bertz CT molecular complexity index is 812. The van der Waals surface area contributed by atoms with Gasteiger partial charge in [0.05, 0.1) is 24.4 Å². The third-order valence-corrected chi connectivity index (χ3v) is 5.89. The normalized spacial score (nSPS) is 18.1. The van der Waals surface area contributed by atoms with Crippen molar-refractivity contribution in [3.05, 3.63) is 28.0 Å². The first-order chi connectivity index (χ1) is 13.1. The minimum atomic E-state index is 0.0857. The molecule has 8 nitrogen and oxygen atoms in total. The quantitative estimate of drug-likeness (QED) is 0.786. The fraction of sp³-hybridized carbons (Fsp3) is 0.556. The van der Waals surface area contributed by atoms with Gasteiger partial charge in [0.1, 0.15) is 22.3 Å². The highest BCUT2D eigenvalue weighted by Crippen LogP contribution is 2.22. The highest BCUT2D eigenvalue weighted by Gasteiger charge is 2.25. The summed E-state index contributed by atoms with van der Waals surface area (Å²) in [6.45, 7) is 9.89. The van der Waals surface area contributed by atoms with Gasteiger partial charge in [-0.15, -0.1) is 11.3 Å². The molecule has 0 N–H and O–H groups in total. The van der Waals surface area contributed by atoms with Crippen molar-refractivity contribution >= 4 is 28.9 Å². The zero-order valence-corrected chi connectivity index (χ0v) is 16.5. The van der Waals surface area contributed by atoms with E-state index in [1.54, 1.807) is 5.51 Å². The van der Waals surface area contributed by atoms with Crippen LogP contribution in [0.4, 0.5) is 11.6 Å². The fourth-order valence-electron chi connectivity index (χ4n) is 3.44. The SMILES string of the molecule is Cc1nc(N2CCOCC2)cc(N2CCN(C(=O)c3scnc3C)CC2)n1. The van der Waals surface area contributed by atoms with E-state index in [0.29, 0.717) is 13.1 Å². The van der Waals surface area contributed by atoms with Crippen LogP contribution in [0.5, 0.6) is 0 Å². The molecule has 2 aromatic rings. The molecule has 2 aromatic heterocycles. The molecule has 0 radical (unpaired) electrons. The van der Waals surface area contributed by atoms with Crippen LogP contribution in [0.1, 0.15) is 21.2 Å². The summed E-state index contributed by atoms with van der Waals surface area (Å²) in [7, 11) is 0. The summed E-state index contributed by atoms with van der Waals surface area (Å²) in [5, 5.41) is 0. The molecule has 2 aliphatic rings. The number of thiazole rings is 1. The van der Waals surface area contributed by atoms with E-state index in [1.165, 1.54) is 11.3 Å². The monoisotopic (exact) mass is 388 g/mol. The average molecular weight is 388 g/mol. The zero-order chi connectivity index (χ0) is 18.8. The lowest BCUT2D eigenvalue weighted by Gasteiger charge is -2.36. The lowest BCUT2D eigenvalue weighted by molar-refractivity contribution is 0.0750. The van der Waals surface area contributed by atoms with Crippen LogP contribution in [0.3, 0.4) is 0 Å². The van der Waals surface area contributed by atoms with Crippen LogP contribution < -0.4 is 9.80 Å². The number of nitrogens with zero attached hydrogens (tertiary/aromatic N) is 6. The standard InChI is InChI=1S/C18H24N6O2S/c1-13-17(27-12-19-13)18(25)24-5-3-22(4-6-24)15-11-16(21-14(2)20-15)23-7-9-26-10-8-23/h11-12H,3-10H2,1-2H3. The molecule has 0 spiro atoms. The molecule has 0 bridgehead atoms. The van der Waals surface area contributed by atoms with E-state index in [9.17, 15) is 4.79 Å². The van der Waals surface area contributed by atoms with E-state index >= 15 is 0 Å². The lowest BCUT2D eigenvalue weighted by atomic mass is 10.2. The first-order valence-corrected chi connectivity index (χ1v) is 10.1. The summed E-state index contributed by atoms with van der Waals surface area (Å²) in [5.74, 6) is 2.75. The second-order valence-corrected chi connectivity index (χ2v) is 7.63. The molecule has 1 amide bonds. The smallest absolute Gasteiger partial charge is 0.265 e. The van der Waals surface area contributed by atoms with E-state index in [4.69, 9.17) is 4.74 Å². The Morgan fingerprint density at radius 2 is 1.63 bits per heavy atom. The van der Waals surface area contributed by atoms with Crippen molar-refractivity contribution in [1.82, 2.24) is 19.9 Å². The number of piperazine rings is 1. The minimum absolute atomic E-state index is 0.0857. The summed E-state index contributed by atoms with van der Waals surface area (Å²) < 4.78 is 5.43. The van der Waals surface area contributed by atoms with E-state index < -0.39 is 0 Å². The number of aryl methyl sites for hydroxylation is 2. The predicted octanol–water partition coefficient (Wildman–Crippen LogP) is 1.35. The van der Waals surface area contributed by atoms with Gasteiger partial charge < -0.3 is 19.4 Å². The third kappa shape index (κ3) is 3.89. The average Bonchev–Trinajstić information content (AvgIpc) is 3.13. The van der Waals surface area contributed by atoms with Gasteiger partial charge in [0.2, 0.25) is 0 Å². The summed E-state index contributed by atoms with van der Waals surface area (Å²) in [4.78, 5) is 33.2. The number of rotatable bonds is 3. The van der Waals surface area contributed by atoms with Crippen LogP contribution in [-0.2, 0) is 4.74 Å². The van der Waals surface area contributed by atoms with Gasteiger partial charge in [-0.25, -0.2) is 15.0 Å². The Kier molecular flexibility index (Phi) is 5.22. The highest BCUT2D eigenvalue weighted by molar-refractivity contribution is 7.11. The Labute approximate surface area is 162 Å². The Hall–Kier alpha value is -2.26. The van der Waals surface area contributed by atoms with Crippen LogP contribution in [0.2, 0.25) is 0 Å². The second-order valence-electron chi connectivity index (χ2n) is 6.78. The zero-order valence-electron chi connectivity index (χ0n) is 15.7. The number of ether oxygens (including phenoxy) is 1. The number of amides is 1. The van der Waals surface area contributed by atoms with Crippen LogP contribution in [0.15, 0.2) is 11.6 Å². The number of anilines is 2. The molecular formula is C18H24N6O2S. The van der Waals surface area contributed by atoms with Gasteiger partial charge in [-0.2, -0.15) is 0 Å². The number of morpholine rings is 1. The van der Waals surface area contributed by atoms with E-state index in [2.05, 4.69) is 30.8 Å². The summed E-state index contributed by atoms with van der Waals surface area (Å²) in [6.07, 6.45) is 0. The van der Waals surface area contributed by atoms with Crippen molar-refractivity contribution in [3.63, 3.8) is 0 Å². The Balaban J connectivity index is 1.44. The molecule has 4 rings (SSSR count). The first-order valence-electron chi connectivity index (χ1n) is 9.24. The van der Waals surface area contributed by atoms with Gasteiger partial charge in [-0.3, -0.25) is 4.79 Å². The molecular weight excluding hydrogens is 364 g/mol. The van der Waals surface area contributed by atoms with Gasteiger partial charge in [0, 0.05) is 45.3 Å². The van der Waals surface area contributed by atoms with Crippen molar-refractivity contribution < 1.29 is 9.53 Å². The molecule has 0 unspecified atom stereocenters. The van der Waals surface area contributed by atoms with Crippen LogP contribution in [0, 0.1) is 13.8 Å². The second kappa shape index (κ2) is 7.77. The summed E-state index contributed by atoms with van der Waals surface area (Å²) >= 11 is 1.42. The van der Waals surface area contributed by atoms with E-state index in [1.807, 2.05) is 18.7 Å². The van der Waals surface area contributed by atoms with Gasteiger partial charge >= 0.3 is 0 Å². The van der Waals surface area contributed by atoms with Crippen molar-refractivity contribution in [2.75, 3.05) is 62.3 Å². The molecule has 0 atom stereocenters. The van der Waals surface area contributed by atoms with Gasteiger partial charge in [0.15, 0.2) is 0 Å². The molecule has 0 aromatic carbocycles. The van der Waals surface area contributed by atoms with Gasteiger partial charge in [-0.05, 0) is 13.8 Å². The molecule has 2 fully saturated rings. The maximum atomic E-state index is 12.7. The highest BCUT2D eigenvalue weighted by atomic mass is 32.1. The molecule has 2 saturated heterocycles. The molecule has 0 aliphatic carbocycles. The van der Waals surface area contributed by atoms with Crippen molar-refractivity contribution in [1.29, 1.82) is 0 Å². The van der Waals surface area contributed by atoms with Crippen LogP contribution >= 0.6 is 11.3 Å². The van der Waals surface area contributed by atoms with Gasteiger partial charge in [0.25, 0.3) is 5.91 Å². The van der Waals surface area contributed by atoms with Crippen molar-refractivity contribution in [3.8, 4) is 0 Å². The molecule has 27 heavy (non-hydrogen) atoms. The lowest BCUT2D eigenvalue weighted by Crippen LogP contribution is -2.49. The third-order valence-electron chi connectivity index (χ3n) is 4.98. The van der Waals surface area contributed by atoms with Crippen molar-refractivity contribution in [2.45, 2.75) is 13.8 Å². The number of hydrogen-bond acceptors (Lipinski definition) is 8. The van der Waals surface area contributed by atoms with E-state index in [0.717, 1.165) is 67.4 Å². The topological polar surface area (TPSA) is 74.7 Å². The minimum Gasteiger partial charge on any atom is -0.378 e. The fourth-order valence-corrected chi connectivity index (χ4v) is 4.21. The number of carbonyl (C=O) groups is 1. The molecule has 9 heteroatoms. The number of aromatic nitrogens is 3. The molecule has 144 valence electrons. The Morgan fingerprint density at radius 3 is 2.22 bits per heavy atom. The maximum Gasteiger partial charge on any atom is 0.265 e. The largest absolute Gasteiger partial charge is 0.378 e. The predicted molar refractivity (Wildman–Crippen MR) is 105 cm³/mol. The van der Waals surface area contributed by atoms with E-state index in [-0.39, 0.29) is 5.91 Å². The summed E-state index contributed by atoms with van der Waals surface area (Å²) in [5.41, 5.74) is 2.55. The number of hydrogen-bond donors (Lipinski definition) is 0. The molecule has 0 saturated carbocycles. The maximum absolute atomic E-state index is 12.7. The Morgan fingerprint density at radius 1 is 1.00 bits per heavy atom. The van der Waals surface area contributed by atoms with Crippen LogP contribution in [-0.4, -0.2) is 78.2 Å².